The van der Waals surface area contributed by atoms with E-state index in [2.05, 4.69) is 15.5 Å². The number of hydrogen-bond acceptors (Lipinski definition) is 6. The fourth-order valence-electron chi connectivity index (χ4n) is 2.04. The highest BCUT2D eigenvalue weighted by Crippen LogP contribution is 2.20. The highest BCUT2D eigenvalue weighted by Gasteiger charge is 2.01. The molecule has 2 aromatic carbocycles. The number of hydrazone groups is 1. The molecule has 7 heteroatoms. The molecule has 0 bridgehead atoms. The van der Waals surface area contributed by atoms with E-state index in [-0.39, 0.29) is 6.61 Å². The van der Waals surface area contributed by atoms with Gasteiger partial charge in [0.1, 0.15) is 5.75 Å². The Hall–Kier alpha value is -3.61. The van der Waals surface area contributed by atoms with Crippen LogP contribution in [0.25, 0.3) is 11.3 Å². The number of aliphatic carboxylic acids is 1. The first-order valence-corrected chi connectivity index (χ1v) is 7.43. The zero-order valence-electron chi connectivity index (χ0n) is 13.1. The average molecular weight is 337 g/mol. The molecule has 7 nitrogen and oxygen atoms in total. The molecule has 0 atom stereocenters. The average Bonchev–Trinajstić information content (AvgIpc) is 3.16. The zero-order valence-corrected chi connectivity index (χ0v) is 13.1. The van der Waals surface area contributed by atoms with Gasteiger partial charge in [0.2, 0.25) is 0 Å². The molecule has 0 aliphatic rings. The first-order chi connectivity index (χ1) is 12.2. The predicted octanol–water partition coefficient (Wildman–Crippen LogP) is 3.25. The van der Waals surface area contributed by atoms with Crippen molar-refractivity contribution >= 4 is 17.9 Å². The summed E-state index contributed by atoms with van der Waals surface area (Å²) in [5.74, 6) is 0.194. The lowest BCUT2D eigenvalue weighted by Gasteiger charge is -2.03. The number of nitrogens with one attached hydrogen (secondary N) is 1. The zero-order chi connectivity index (χ0) is 17.5. The summed E-state index contributed by atoms with van der Waals surface area (Å²) < 4.78 is 10.3. The Morgan fingerprint density at radius 1 is 1.20 bits per heavy atom. The third kappa shape index (κ3) is 4.68. The lowest BCUT2D eigenvalue weighted by Crippen LogP contribution is -2.09. The molecule has 0 saturated carbocycles. The monoisotopic (exact) mass is 337 g/mol. The Bertz CT molecular complexity index is 841. The first-order valence-electron chi connectivity index (χ1n) is 7.43. The number of carboxylic acids is 1. The van der Waals surface area contributed by atoms with E-state index >= 15 is 0 Å². The molecule has 1 aromatic heterocycles. The van der Waals surface area contributed by atoms with Crippen LogP contribution in [0.15, 0.2) is 70.6 Å². The molecule has 126 valence electrons. The Balaban J connectivity index is 1.55. The number of rotatable bonds is 7. The molecule has 0 saturated heterocycles. The minimum absolute atomic E-state index is 0.362. The summed E-state index contributed by atoms with van der Waals surface area (Å²) in [6, 6.07) is 14.5. The SMILES string of the molecule is O=C(O)COc1ccc(/C=N/Nc2ccc(-c3cnco3)cc2)cc1. The van der Waals surface area contributed by atoms with Gasteiger partial charge in [-0.3, -0.25) is 5.43 Å². The predicted molar refractivity (Wildman–Crippen MR) is 92.7 cm³/mol. The van der Waals surface area contributed by atoms with Crippen LogP contribution in [0.4, 0.5) is 5.69 Å². The molecule has 0 amide bonds. The maximum absolute atomic E-state index is 10.4. The van der Waals surface area contributed by atoms with E-state index in [4.69, 9.17) is 14.3 Å². The minimum Gasteiger partial charge on any atom is -0.482 e. The van der Waals surface area contributed by atoms with Crippen LogP contribution in [0.5, 0.6) is 5.75 Å². The molecule has 3 rings (SSSR count). The maximum Gasteiger partial charge on any atom is 0.341 e. The first kappa shape index (κ1) is 16.3. The van der Waals surface area contributed by atoms with Crippen molar-refractivity contribution in [2.24, 2.45) is 5.10 Å². The van der Waals surface area contributed by atoms with Crippen LogP contribution in [0.3, 0.4) is 0 Å². The second-order valence-corrected chi connectivity index (χ2v) is 5.06. The van der Waals surface area contributed by atoms with E-state index in [1.165, 1.54) is 6.39 Å². The van der Waals surface area contributed by atoms with E-state index in [0.29, 0.717) is 11.5 Å². The minimum atomic E-state index is -1.01. The van der Waals surface area contributed by atoms with E-state index in [1.807, 2.05) is 24.3 Å². The van der Waals surface area contributed by atoms with Gasteiger partial charge in [0.05, 0.1) is 18.1 Å². The van der Waals surface area contributed by atoms with Crippen molar-refractivity contribution in [2.45, 2.75) is 0 Å². The number of hydrogen-bond donors (Lipinski definition) is 2. The van der Waals surface area contributed by atoms with Crippen LogP contribution in [0.2, 0.25) is 0 Å². The smallest absolute Gasteiger partial charge is 0.341 e. The molecule has 0 spiro atoms. The number of benzene rings is 2. The molecular weight excluding hydrogens is 322 g/mol. The summed E-state index contributed by atoms with van der Waals surface area (Å²) in [5, 5.41) is 12.7. The van der Waals surface area contributed by atoms with Crippen LogP contribution in [-0.2, 0) is 4.79 Å². The largest absolute Gasteiger partial charge is 0.482 e. The quantitative estimate of drug-likeness (QED) is 0.507. The third-order valence-electron chi connectivity index (χ3n) is 3.25. The molecule has 2 N–H and O–H groups in total. The fraction of sp³-hybridized carbons (Fsp3) is 0.0556. The summed E-state index contributed by atoms with van der Waals surface area (Å²) in [5.41, 5.74) is 5.56. The summed E-state index contributed by atoms with van der Waals surface area (Å²) in [6.07, 6.45) is 4.71. The van der Waals surface area contributed by atoms with E-state index in [0.717, 1.165) is 16.8 Å². The van der Waals surface area contributed by atoms with Crippen molar-refractivity contribution in [1.29, 1.82) is 0 Å². The number of carbonyl (C=O) groups is 1. The number of oxazole rings is 1. The highest BCUT2D eigenvalue weighted by atomic mass is 16.5. The van der Waals surface area contributed by atoms with Crippen LogP contribution >= 0.6 is 0 Å². The van der Waals surface area contributed by atoms with E-state index < -0.39 is 5.97 Å². The summed E-state index contributed by atoms with van der Waals surface area (Å²) >= 11 is 0. The molecule has 3 aromatic rings. The van der Waals surface area contributed by atoms with Gasteiger partial charge in [-0.25, -0.2) is 9.78 Å². The Kier molecular flexibility index (Phi) is 5.06. The van der Waals surface area contributed by atoms with Gasteiger partial charge < -0.3 is 14.3 Å². The summed E-state index contributed by atoms with van der Waals surface area (Å²) in [7, 11) is 0. The number of ether oxygens (including phenoxy) is 1. The van der Waals surface area contributed by atoms with Gasteiger partial charge in [-0.2, -0.15) is 5.10 Å². The second kappa shape index (κ2) is 7.78. The highest BCUT2D eigenvalue weighted by molar-refractivity contribution is 5.80. The number of carboxylic acid groups (broad SMARTS) is 1. The molecule has 1 heterocycles. The molecule has 25 heavy (non-hydrogen) atoms. The fourth-order valence-corrected chi connectivity index (χ4v) is 2.04. The normalized spacial score (nSPS) is 10.7. The number of nitrogens with zero attached hydrogens (tertiary/aromatic N) is 2. The lowest BCUT2D eigenvalue weighted by molar-refractivity contribution is -0.139. The number of aromatic nitrogens is 1. The molecular formula is C18H15N3O4. The van der Waals surface area contributed by atoms with Gasteiger partial charge in [-0.05, 0) is 54.1 Å². The van der Waals surface area contributed by atoms with Gasteiger partial charge in [0.25, 0.3) is 0 Å². The van der Waals surface area contributed by atoms with Gasteiger partial charge in [0, 0.05) is 5.56 Å². The van der Waals surface area contributed by atoms with Crippen molar-refractivity contribution < 1.29 is 19.1 Å². The summed E-state index contributed by atoms with van der Waals surface area (Å²) in [6.45, 7) is -0.362. The van der Waals surface area contributed by atoms with Crippen molar-refractivity contribution in [3.05, 3.63) is 66.7 Å². The Morgan fingerprint density at radius 2 is 1.96 bits per heavy atom. The van der Waals surface area contributed by atoms with Crippen molar-refractivity contribution in [2.75, 3.05) is 12.0 Å². The van der Waals surface area contributed by atoms with Crippen LogP contribution < -0.4 is 10.2 Å². The van der Waals surface area contributed by atoms with Crippen LogP contribution in [-0.4, -0.2) is 28.9 Å². The second-order valence-electron chi connectivity index (χ2n) is 5.06. The Morgan fingerprint density at radius 3 is 2.60 bits per heavy atom. The van der Waals surface area contributed by atoms with Crippen LogP contribution in [0, 0.1) is 0 Å². The lowest BCUT2D eigenvalue weighted by atomic mass is 10.2. The maximum atomic E-state index is 10.4. The molecule has 0 unspecified atom stereocenters. The van der Waals surface area contributed by atoms with Crippen LogP contribution in [0.1, 0.15) is 5.56 Å². The molecule has 0 radical (unpaired) electrons. The Labute approximate surface area is 143 Å². The van der Waals surface area contributed by atoms with Crippen molar-refractivity contribution in [3.63, 3.8) is 0 Å². The molecule has 0 aliphatic heterocycles. The van der Waals surface area contributed by atoms with Gasteiger partial charge in [-0.1, -0.05) is 0 Å². The van der Waals surface area contributed by atoms with E-state index in [1.54, 1.807) is 36.7 Å². The van der Waals surface area contributed by atoms with Gasteiger partial charge in [-0.15, -0.1) is 0 Å². The van der Waals surface area contributed by atoms with Crippen molar-refractivity contribution in [1.82, 2.24) is 4.98 Å². The molecule has 0 aliphatic carbocycles. The topological polar surface area (TPSA) is 97.0 Å². The van der Waals surface area contributed by atoms with Gasteiger partial charge in [0.15, 0.2) is 18.8 Å². The van der Waals surface area contributed by atoms with Gasteiger partial charge >= 0.3 is 5.97 Å². The summed E-state index contributed by atoms with van der Waals surface area (Å²) in [4.78, 5) is 14.3. The van der Waals surface area contributed by atoms with Crippen molar-refractivity contribution in [3.8, 4) is 17.1 Å². The third-order valence-corrected chi connectivity index (χ3v) is 3.25. The standard InChI is InChI=1S/C18H15N3O4/c22-18(23)11-24-16-7-1-13(2-8-16)9-20-21-15-5-3-14(4-6-15)17-10-19-12-25-17/h1-10,12,21H,11H2,(H,22,23)/b20-9+. The number of anilines is 1. The van der Waals surface area contributed by atoms with E-state index in [9.17, 15) is 4.79 Å². The molecule has 0 fully saturated rings.